The van der Waals surface area contributed by atoms with Gasteiger partial charge in [-0.3, -0.25) is 47.9 Å². The average molecular weight is 2100 g/mol. The van der Waals surface area contributed by atoms with Gasteiger partial charge in [-0.1, -0.05) is 94.9 Å². The van der Waals surface area contributed by atoms with Crippen LogP contribution < -0.4 is 0 Å². The number of fused-ring (bicyclic) bond motifs is 2. The Bertz CT molecular complexity index is 4350. The third kappa shape index (κ3) is 30.5. The Morgan fingerprint density at radius 3 is 1.06 bits per heavy atom. The molecule has 0 aromatic carbocycles. The van der Waals surface area contributed by atoms with E-state index in [1.165, 1.54) is 154 Å². The Labute approximate surface area is 897 Å². The molecule has 4 heterocycles. The van der Waals surface area contributed by atoms with Gasteiger partial charge in [0.05, 0.1) is 61.4 Å². The second-order valence-corrected chi connectivity index (χ2v) is 55.2. The van der Waals surface area contributed by atoms with Crippen molar-refractivity contribution in [2.75, 3.05) is 13.2 Å². The van der Waals surface area contributed by atoms with Crippen LogP contribution >= 0.6 is 0 Å². The van der Waals surface area contributed by atoms with Gasteiger partial charge in [0.1, 0.15) is 52.9 Å². The first-order valence-corrected chi connectivity index (χ1v) is 58.8. The smallest absolute Gasteiger partial charge is 0.344 e. The summed E-state index contributed by atoms with van der Waals surface area (Å²) in [4.78, 5) is 144. The highest BCUT2D eigenvalue weighted by molar-refractivity contribution is 5.86. The number of nitriles is 1. The molecule has 18 aliphatic rings. The highest BCUT2D eigenvalue weighted by Gasteiger charge is 2.73. The summed E-state index contributed by atoms with van der Waals surface area (Å²) in [6.07, 6.45) is 43.7. The summed E-state index contributed by atoms with van der Waals surface area (Å²) in [5, 5.41) is 9.31. The van der Waals surface area contributed by atoms with Gasteiger partial charge in [-0.15, -0.1) is 0 Å². The Morgan fingerprint density at radius 1 is 0.362 bits per heavy atom. The number of hydrogen-bond acceptors (Lipinski definition) is 26. The quantitative estimate of drug-likeness (QED) is 0.0446. The highest BCUT2D eigenvalue weighted by Crippen LogP contribution is 2.67. The minimum absolute atomic E-state index is 0.0197. The summed E-state index contributed by atoms with van der Waals surface area (Å²) in [6, 6.07) is 2.15. The maximum Gasteiger partial charge on any atom is 0.344 e. The van der Waals surface area contributed by atoms with E-state index in [-0.39, 0.29) is 159 Å². The van der Waals surface area contributed by atoms with Gasteiger partial charge in [0.15, 0.2) is 30.8 Å². The summed E-state index contributed by atoms with van der Waals surface area (Å²) >= 11 is 0. The second-order valence-electron chi connectivity index (χ2n) is 55.2. The van der Waals surface area contributed by atoms with Crippen LogP contribution in [-0.2, 0) is 119 Å². The van der Waals surface area contributed by atoms with Crippen LogP contribution in [-0.4, -0.2) is 156 Å². The first kappa shape index (κ1) is 126. The van der Waals surface area contributed by atoms with Gasteiger partial charge in [-0.05, 0) is 444 Å². The largest absolute Gasteiger partial charge is 0.462 e. The molecule has 14 saturated carbocycles. The lowest BCUT2D eigenvalue weighted by Gasteiger charge is -2.61. The molecule has 4 saturated heterocycles. The van der Waals surface area contributed by atoms with Crippen LogP contribution in [0.1, 0.15) is 491 Å². The van der Waals surface area contributed by atoms with Crippen LogP contribution in [0.15, 0.2) is 0 Å². The highest BCUT2D eigenvalue weighted by atomic mass is 16.7. The number of carbonyl (C=O) groups is 12. The van der Waals surface area contributed by atoms with Crippen molar-refractivity contribution in [3.05, 3.63) is 0 Å². The fourth-order valence-corrected chi connectivity index (χ4v) is 25.9. The molecule has 4 aliphatic heterocycles. The molecule has 0 aromatic heterocycles. The molecule has 0 N–H and O–H groups in total. The molecule has 10 unspecified atom stereocenters. The van der Waals surface area contributed by atoms with Gasteiger partial charge in [0.25, 0.3) is 0 Å². The maximum absolute atomic E-state index is 12.4. The lowest BCUT2D eigenvalue weighted by atomic mass is 9.46. The molecule has 14 aliphatic carbocycles. The number of esters is 12. The van der Waals surface area contributed by atoms with Crippen LogP contribution in [0.4, 0.5) is 0 Å². The van der Waals surface area contributed by atoms with Crippen molar-refractivity contribution in [3.63, 3.8) is 0 Å². The fraction of sp³-hybridized carbons (Fsp3) is 0.894. The molecule has 26 heteroatoms. The van der Waals surface area contributed by atoms with Gasteiger partial charge in [-0.2, -0.15) is 5.26 Å². The zero-order valence-corrected chi connectivity index (χ0v) is 98.7. The zero-order valence-electron chi connectivity index (χ0n) is 98.7. The summed E-state index contributed by atoms with van der Waals surface area (Å²) < 4.78 is 72.3. The number of nitrogens with zero attached hydrogens (tertiary/aromatic N) is 1. The molecule has 149 heavy (non-hydrogen) atoms. The van der Waals surface area contributed by atoms with Crippen molar-refractivity contribution < 1.29 is 119 Å². The summed E-state index contributed by atoms with van der Waals surface area (Å²) in [5.41, 5.74) is -5.65. The number of hydrogen-bond donors (Lipinski definition) is 0. The molecule has 18 rings (SSSR count). The molecule has 12 bridgehead atoms. The Kier molecular flexibility index (Phi) is 42.6. The van der Waals surface area contributed by atoms with Gasteiger partial charge >= 0.3 is 71.6 Å². The summed E-state index contributed by atoms with van der Waals surface area (Å²) in [5.74, 6) is 3.32. The molecule has 26 nitrogen and oxygen atoms in total. The van der Waals surface area contributed by atoms with Gasteiger partial charge in [-0.25, -0.2) is 9.59 Å². The van der Waals surface area contributed by atoms with Gasteiger partial charge < -0.3 is 61.6 Å². The van der Waals surface area contributed by atoms with Crippen LogP contribution in [0.5, 0.6) is 0 Å². The molecular formula is C123H203NO25. The molecule has 18 fully saturated rings. The van der Waals surface area contributed by atoms with E-state index < -0.39 is 74.5 Å². The van der Waals surface area contributed by atoms with E-state index in [0.29, 0.717) is 44.4 Å². The van der Waals surface area contributed by atoms with Crippen LogP contribution in [0, 0.1) is 136 Å². The third-order valence-electron chi connectivity index (χ3n) is 40.0. The normalized spacial score (nSPS) is 30.7. The van der Waals surface area contributed by atoms with E-state index in [0.717, 1.165) is 118 Å². The third-order valence-corrected chi connectivity index (χ3v) is 40.0. The predicted molar refractivity (Wildman–Crippen MR) is 571 cm³/mol. The van der Waals surface area contributed by atoms with E-state index >= 15 is 0 Å². The molecule has 0 amide bonds. The summed E-state index contributed by atoms with van der Waals surface area (Å²) in [7, 11) is 0. The monoisotopic (exact) mass is 2090 g/mol. The maximum atomic E-state index is 12.4. The SMILES string of the molecule is CCC(C)(C)C(=O)OC(C)(C)C1CCC(C)CC1.CCC(C)(C)C(=O)OC1C2CC3C(=O)OC1C3O2.CCC(C)(C)C(=O)OC1C2CC3C1OC(=O)C3(C#N)C2.CCC(C)(C)C(=O)OC1CCCCC1.CCC(C)(C)C(=O)OC1CCCCC1.CCC(C)(C)C(=O)OCC(=O)OC(C)(C)C12CC3CC(CC(C3)C1)C2.CCC(C)(C)C(=O)OCC(=O)OC(C)(C)C12CC3CC(CC(C3)C1)C2.CCC1(OC(=O)C(C)(C)CC)CCCC1. The minimum atomic E-state index is -0.974. The van der Waals surface area contributed by atoms with Crippen molar-refractivity contribution in [2.45, 2.75) is 562 Å². The molecule has 850 valence electrons. The number of rotatable bonds is 32. The van der Waals surface area contributed by atoms with E-state index in [9.17, 15) is 62.8 Å². The van der Waals surface area contributed by atoms with Crippen molar-refractivity contribution in [1.29, 1.82) is 5.26 Å². The van der Waals surface area contributed by atoms with Gasteiger partial charge in [0, 0.05) is 22.7 Å². The second kappa shape index (κ2) is 50.5. The van der Waals surface area contributed by atoms with Crippen LogP contribution in [0.25, 0.3) is 0 Å². The van der Waals surface area contributed by atoms with Crippen molar-refractivity contribution in [2.24, 2.45) is 125 Å². The van der Waals surface area contributed by atoms with Gasteiger partial charge in [0.2, 0.25) is 0 Å². The molecule has 10 atom stereocenters. The molecule has 0 aromatic rings. The minimum Gasteiger partial charge on any atom is -0.462 e. The van der Waals surface area contributed by atoms with Crippen molar-refractivity contribution in [1.82, 2.24) is 0 Å². The van der Waals surface area contributed by atoms with E-state index in [2.05, 4.69) is 61.5 Å². The number of carbonyl (C=O) groups excluding carboxylic acids is 12. The Balaban J connectivity index is 0.000000191. The Hall–Kier alpha value is -6.91. The lowest BCUT2D eigenvalue weighted by molar-refractivity contribution is -0.203. The fourth-order valence-electron chi connectivity index (χ4n) is 25.9. The topological polar surface area (TPSA) is 349 Å². The predicted octanol–water partition coefficient (Wildman–Crippen LogP) is 26.7. The lowest BCUT2D eigenvalue weighted by Crippen LogP contribution is -2.57. The van der Waals surface area contributed by atoms with Crippen LogP contribution in [0.3, 0.4) is 0 Å². The van der Waals surface area contributed by atoms with E-state index in [4.69, 9.17) is 61.6 Å². The number of ether oxygens (including phenoxy) is 13. The molecule has 0 spiro atoms. The molecule has 0 radical (unpaired) electrons. The average Bonchev–Trinajstić information content (AvgIpc) is 1.56. The van der Waals surface area contributed by atoms with E-state index in [1.807, 2.05) is 166 Å². The standard InChI is InChI=1S/2C21H34O4.C16H30O2.C15H19NO4.C13H18O5.C13H24O2.2C12H22O2/c2*1-6-19(2,3)18(23)24-13-17(22)25-20(4,5)21-10-14-7-15(11-21)9-16(8-14)12-21;1-7-15(3,4)14(17)18-16(5,6)13-10-8-12(2)9-11-13;1-4-14(2,3)12(17)19-10-8-5-9-11(10)20-13(18)15(9,6-8)7-16;1-4-13(2,3)12(15)18-9-7-5-6-8(16-7)10(9)17-11(6)14;1-5-12(3,4)11(14)15-13(6-2)9-7-8-10-13;2*1-4-12(2,3)11(13)14-10-8-6-5-7-9-10/h2*14-16H,6-13H2,1-5H3;12-13H,7-11H2,1-6H3;8-11H,4-6H2,1-3H3;6-10H,4-5H2,1-3H3;5-10H2,1-4H3;2*10H,4-9H2,1-3H3. The zero-order chi connectivity index (χ0) is 111. The van der Waals surface area contributed by atoms with Crippen molar-refractivity contribution >= 4 is 71.6 Å². The molecular weight excluding hydrogens is 1890 g/mol. The first-order chi connectivity index (χ1) is 69.2. The Morgan fingerprint density at radius 2 is 0.705 bits per heavy atom. The van der Waals surface area contributed by atoms with Crippen LogP contribution in [0.2, 0.25) is 0 Å². The first-order valence-electron chi connectivity index (χ1n) is 58.8. The van der Waals surface area contributed by atoms with Crippen molar-refractivity contribution in [3.8, 4) is 6.07 Å². The van der Waals surface area contributed by atoms with E-state index in [1.54, 1.807) is 0 Å². The summed E-state index contributed by atoms with van der Waals surface area (Å²) in [6.45, 7) is 62.6.